The molecule has 8 heteroatoms. The number of hydrogen-bond acceptors (Lipinski definition) is 7. The quantitative estimate of drug-likeness (QED) is 0.175. The predicted octanol–water partition coefficient (Wildman–Crippen LogP) is 6.90. The Hall–Kier alpha value is -5.42. The SMILES string of the molecule is COc1cc(C)c(-c2nc3ccccc3c(=O)n2N=Cc2ccc(N(C)C)cc2OCc2ccccc2C#N)cc1C(C)C. The van der Waals surface area contributed by atoms with Crippen LogP contribution in [0.2, 0.25) is 0 Å². The lowest BCUT2D eigenvalue weighted by molar-refractivity contribution is 0.305. The topological polar surface area (TPSA) is 92.7 Å². The van der Waals surface area contributed by atoms with Crippen molar-refractivity contribution in [1.29, 1.82) is 5.26 Å². The molecule has 0 aliphatic heterocycles. The van der Waals surface area contributed by atoms with Crippen LogP contribution in [0.5, 0.6) is 11.5 Å². The van der Waals surface area contributed by atoms with Gasteiger partial charge in [-0.1, -0.05) is 44.2 Å². The largest absolute Gasteiger partial charge is 0.496 e. The van der Waals surface area contributed by atoms with Crippen LogP contribution >= 0.6 is 0 Å². The molecule has 0 radical (unpaired) electrons. The minimum atomic E-state index is -0.279. The fourth-order valence-electron chi connectivity index (χ4n) is 5.04. The summed E-state index contributed by atoms with van der Waals surface area (Å²) in [5.74, 6) is 1.98. The zero-order chi connectivity index (χ0) is 31.4. The molecule has 0 saturated carbocycles. The molecule has 0 amide bonds. The van der Waals surface area contributed by atoms with Gasteiger partial charge in [0.15, 0.2) is 5.82 Å². The van der Waals surface area contributed by atoms with Gasteiger partial charge in [0.2, 0.25) is 0 Å². The van der Waals surface area contributed by atoms with E-state index in [-0.39, 0.29) is 18.1 Å². The van der Waals surface area contributed by atoms with E-state index in [0.717, 1.165) is 33.7 Å². The monoisotopic (exact) mass is 585 g/mol. The van der Waals surface area contributed by atoms with E-state index in [0.29, 0.717) is 33.6 Å². The number of aryl methyl sites for hydroxylation is 1. The number of benzene rings is 4. The molecule has 44 heavy (non-hydrogen) atoms. The molecule has 0 aliphatic carbocycles. The van der Waals surface area contributed by atoms with Gasteiger partial charge in [0.1, 0.15) is 18.1 Å². The van der Waals surface area contributed by atoms with Crippen molar-refractivity contribution in [2.45, 2.75) is 33.3 Å². The van der Waals surface area contributed by atoms with Gasteiger partial charge in [-0.15, -0.1) is 0 Å². The maximum absolute atomic E-state index is 13.9. The van der Waals surface area contributed by atoms with Crippen LogP contribution in [0.15, 0.2) is 88.8 Å². The van der Waals surface area contributed by atoms with Crippen molar-refractivity contribution in [1.82, 2.24) is 9.66 Å². The van der Waals surface area contributed by atoms with Crippen LogP contribution in [0, 0.1) is 18.3 Å². The van der Waals surface area contributed by atoms with Gasteiger partial charge in [-0.3, -0.25) is 4.79 Å². The maximum Gasteiger partial charge on any atom is 0.282 e. The summed E-state index contributed by atoms with van der Waals surface area (Å²) in [4.78, 5) is 20.8. The molecule has 0 fully saturated rings. The molecular formula is C36H35N5O3. The van der Waals surface area contributed by atoms with Crippen LogP contribution in [0.1, 0.15) is 47.6 Å². The molecule has 5 rings (SSSR count). The van der Waals surface area contributed by atoms with E-state index in [2.05, 4.69) is 19.9 Å². The van der Waals surface area contributed by atoms with Gasteiger partial charge in [-0.2, -0.15) is 15.0 Å². The molecule has 0 unspecified atom stereocenters. The van der Waals surface area contributed by atoms with E-state index in [1.54, 1.807) is 25.5 Å². The number of nitriles is 1. The van der Waals surface area contributed by atoms with E-state index in [4.69, 9.17) is 19.6 Å². The molecule has 5 aromatic rings. The van der Waals surface area contributed by atoms with Gasteiger partial charge in [0.05, 0.1) is 35.9 Å². The number of fused-ring (bicyclic) bond motifs is 1. The zero-order valence-electron chi connectivity index (χ0n) is 25.8. The highest BCUT2D eigenvalue weighted by molar-refractivity contribution is 5.86. The lowest BCUT2D eigenvalue weighted by atomic mass is 9.96. The second kappa shape index (κ2) is 12.8. The van der Waals surface area contributed by atoms with E-state index in [1.807, 2.05) is 92.6 Å². The van der Waals surface area contributed by atoms with Crippen LogP contribution < -0.4 is 19.9 Å². The van der Waals surface area contributed by atoms with Crippen molar-refractivity contribution in [3.05, 3.63) is 117 Å². The summed E-state index contributed by atoms with van der Waals surface area (Å²) in [6.45, 7) is 6.38. The minimum absolute atomic E-state index is 0.189. The number of ether oxygens (including phenoxy) is 2. The Morgan fingerprint density at radius 3 is 2.50 bits per heavy atom. The van der Waals surface area contributed by atoms with Crippen LogP contribution in [0.3, 0.4) is 0 Å². The highest BCUT2D eigenvalue weighted by atomic mass is 16.5. The van der Waals surface area contributed by atoms with Crippen molar-refractivity contribution in [3.63, 3.8) is 0 Å². The first-order valence-electron chi connectivity index (χ1n) is 14.4. The molecule has 0 spiro atoms. The van der Waals surface area contributed by atoms with Gasteiger partial charge < -0.3 is 14.4 Å². The number of rotatable bonds is 9. The van der Waals surface area contributed by atoms with Gasteiger partial charge in [0, 0.05) is 42.5 Å². The Kier molecular flexibility index (Phi) is 8.77. The third-order valence-electron chi connectivity index (χ3n) is 7.54. The highest BCUT2D eigenvalue weighted by Crippen LogP contribution is 2.34. The number of nitrogens with zero attached hydrogens (tertiary/aromatic N) is 5. The minimum Gasteiger partial charge on any atom is -0.496 e. The molecule has 0 aliphatic rings. The highest BCUT2D eigenvalue weighted by Gasteiger charge is 2.18. The van der Waals surface area contributed by atoms with Crippen molar-refractivity contribution in [2.24, 2.45) is 5.10 Å². The second-order valence-corrected chi connectivity index (χ2v) is 11.1. The molecule has 0 N–H and O–H groups in total. The van der Waals surface area contributed by atoms with E-state index in [1.165, 1.54) is 4.68 Å². The number of aromatic nitrogens is 2. The first-order chi connectivity index (χ1) is 21.2. The molecule has 222 valence electrons. The summed E-state index contributed by atoms with van der Waals surface area (Å²) in [5, 5.41) is 14.7. The smallest absolute Gasteiger partial charge is 0.282 e. The maximum atomic E-state index is 13.9. The lowest BCUT2D eigenvalue weighted by Crippen LogP contribution is -2.21. The van der Waals surface area contributed by atoms with Crippen molar-refractivity contribution >= 4 is 22.8 Å². The van der Waals surface area contributed by atoms with Crippen molar-refractivity contribution in [3.8, 4) is 29.0 Å². The summed E-state index contributed by atoms with van der Waals surface area (Å²) in [6.07, 6.45) is 1.62. The summed E-state index contributed by atoms with van der Waals surface area (Å²) in [5.41, 5.74) is 5.97. The average Bonchev–Trinajstić information content (AvgIpc) is 3.03. The molecule has 0 atom stereocenters. The third kappa shape index (κ3) is 6.04. The molecule has 8 nitrogen and oxygen atoms in total. The standard InChI is InChI=1S/C36H35N5O3/c1-23(2)30-19-31(24(3)17-34(30)43-6)35-39-32-14-10-9-13-29(32)36(42)41(35)38-21-26-15-16-28(40(4)5)18-33(26)44-22-27-12-8-7-11-25(27)20-37/h7-19,21,23H,22H2,1-6H3. The zero-order valence-corrected chi connectivity index (χ0v) is 25.8. The Labute approximate surface area is 257 Å². The van der Waals surface area contributed by atoms with Gasteiger partial charge >= 0.3 is 0 Å². The summed E-state index contributed by atoms with van der Waals surface area (Å²) in [7, 11) is 5.56. The molecule has 1 aromatic heterocycles. The Bertz CT molecular complexity index is 1970. The summed E-state index contributed by atoms with van der Waals surface area (Å²) >= 11 is 0. The number of para-hydroxylation sites is 1. The van der Waals surface area contributed by atoms with E-state index < -0.39 is 0 Å². The first-order valence-corrected chi connectivity index (χ1v) is 14.4. The Morgan fingerprint density at radius 1 is 1.02 bits per heavy atom. The van der Waals surface area contributed by atoms with Crippen molar-refractivity contribution in [2.75, 3.05) is 26.1 Å². The molecule has 0 bridgehead atoms. The second-order valence-electron chi connectivity index (χ2n) is 11.1. The molecule has 1 heterocycles. The fourth-order valence-corrected chi connectivity index (χ4v) is 5.04. The van der Waals surface area contributed by atoms with Crippen LogP contribution in [0.4, 0.5) is 5.69 Å². The fraction of sp³-hybridized carbons (Fsp3) is 0.222. The number of hydrogen-bond donors (Lipinski definition) is 0. The number of anilines is 1. The van der Waals surface area contributed by atoms with E-state index >= 15 is 0 Å². The van der Waals surface area contributed by atoms with Crippen LogP contribution in [0.25, 0.3) is 22.3 Å². The predicted molar refractivity (Wildman–Crippen MR) is 176 cm³/mol. The van der Waals surface area contributed by atoms with E-state index in [9.17, 15) is 10.1 Å². The number of methoxy groups -OCH3 is 1. The van der Waals surface area contributed by atoms with Gasteiger partial charge in [-0.05, 0) is 66.4 Å². The third-order valence-corrected chi connectivity index (χ3v) is 7.54. The summed E-state index contributed by atoms with van der Waals surface area (Å²) < 4.78 is 13.3. The van der Waals surface area contributed by atoms with Gasteiger partial charge in [-0.25, -0.2) is 4.98 Å². The molecule has 4 aromatic carbocycles. The molecular weight excluding hydrogens is 550 g/mol. The van der Waals surface area contributed by atoms with Crippen LogP contribution in [-0.2, 0) is 6.61 Å². The lowest BCUT2D eigenvalue weighted by Gasteiger charge is -2.18. The summed E-state index contributed by atoms with van der Waals surface area (Å²) in [6, 6.07) is 26.6. The normalized spacial score (nSPS) is 11.2. The Morgan fingerprint density at radius 2 is 1.77 bits per heavy atom. The first kappa shape index (κ1) is 30.1. The Balaban J connectivity index is 1.65. The average molecular weight is 586 g/mol. The van der Waals surface area contributed by atoms with Gasteiger partial charge in [0.25, 0.3) is 5.56 Å². The molecule has 0 saturated heterocycles. The van der Waals surface area contributed by atoms with Crippen molar-refractivity contribution < 1.29 is 9.47 Å². The van der Waals surface area contributed by atoms with Crippen LogP contribution in [-0.4, -0.2) is 37.1 Å².